The summed E-state index contributed by atoms with van der Waals surface area (Å²) in [6, 6.07) is 10.3. The highest BCUT2D eigenvalue weighted by atomic mass is 32.1. The van der Waals surface area contributed by atoms with Crippen molar-refractivity contribution in [2.45, 2.75) is 12.8 Å². The number of hydrogen-bond donors (Lipinski definition) is 0. The Morgan fingerprint density at radius 2 is 1.75 bits per heavy atom. The van der Waals surface area contributed by atoms with E-state index in [4.69, 9.17) is 12.2 Å². The van der Waals surface area contributed by atoms with Crippen LogP contribution in [0, 0.1) is 11.6 Å². The zero-order valence-corrected chi connectivity index (χ0v) is 11.4. The van der Waals surface area contributed by atoms with Gasteiger partial charge in [-0.2, -0.15) is 0 Å². The molecular weight excluding hydrogens is 278 g/mol. The van der Waals surface area contributed by atoms with E-state index in [0.29, 0.717) is 6.42 Å². The Labute approximate surface area is 121 Å². The zero-order valence-electron chi connectivity index (χ0n) is 10.6. The van der Waals surface area contributed by atoms with Crippen molar-refractivity contribution in [3.05, 3.63) is 70.8 Å². The first-order valence-corrected chi connectivity index (χ1v) is 6.59. The number of rotatable bonds is 5. The summed E-state index contributed by atoms with van der Waals surface area (Å²) in [7, 11) is 0. The summed E-state index contributed by atoms with van der Waals surface area (Å²) in [6.45, 7) is 0. The molecule has 4 heteroatoms. The monoisotopic (exact) mass is 290 g/mol. The minimum Gasteiger partial charge on any atom is -0.294 e. The third-order valence-corrected chi connectivity index (χ3v) is 3.24. The van der Waals surface area contributed by atoms with Gasteiger partial charge in [-0.25, -0.2) is 8.78 Å². The predicted octanol–water partition coefficient (Wildman–Crippen LogP) is 4.13. The van der Waals surface area contributed by atoms with Crippen molar-refractivity contribution < 1.29 is 13.6 Å². The first-order chi connectivity index (χ1) is 9.60. The molecule has 0 atom stereocenters. The van der Waals surface area contributed by atoms with Gasteiger partial charge in [0.25, 0.3) is 0 Å². The number of benzene rings is 2. The molecule has 0 heterocycles. The van der Waals surface area contributed by atoms with E-state index in [0.717, 1.165) is 29.3 Å². The second-order valence-electron chi connectivity index (χ2n) is 4.40. The Morgan fingerprint density at radius 1 is 1.10 bits per heavy atom. The van der Waals surface area contributed by atoms with Gasteiger partial charge >= 0.3 is 0 Å². The van der Waals surface area contributed by atoms with Gasteiger partial charge in [0.15, 0.2) is 5.78 Å². The standard InChI is InChI=1S/C16H12F2OS/c17-14-7-13(8-15(18)9-14)16(19)6-5-11-3-1-2-4-12(11)10-20/h1-4,7-10H,5-6H2. The van der Waals surface area contributed by atoms with E-state index in [-0.39, 0.29) is 17.8 Å². The van der Waals surface area contributed by atoms with Gasteiger partial charge in [-0.3, -0.25) is 4.79 Å². The van der Waals surface area contributed by atoms with Crippen molar-refractivity contribution in [3.8, 4) is 0 Å². The molecule has 0 fully saturated rings. The van der Waals surface area contributed by atoms with Gasteiger partial charge in [0.1, 0.15) is 11.6 Å². The number of ketones is 1. The number of carbonyl (C=O) groups excluding carboxylic acids is 1. The first kappa shape index (κ1) is 14.5. The second-order valence-corrected chi connectivity index (χ2v) is 4.63. The van der Waals surface area contributed by atoms with E-state index in [9.17, 15) is 13.6 Å². The molecule has 0 bridgehead atoms. The molecule has 0 radical (unpaired) electrons. The van der Waals surface area contributed by atoms with Gasteiger partial charge in [-0.15, -0.1) is 0 Å². The topological polar surface area (TPSA) is 17.1 Å². The lowest BCUT2D eigenvalue weighted by Crippen LogP contribution is -2.04. The van der Waals surface area contributed by atoms with Gasteiger partial charge in [0, 0.05) is 23.4 Å². The summed E-state index contributed by atoms with van der Waals surface area (Å²) in [4.78, 5) is 12.0. The average Bonchev–Trinajstić information content (AvgIpc) is 2.44. The van der Waals surface area contributed by atoms with Crippen molar-refractivity contribution in [2.75, 3.05) is 0 Å². The maximum atomic E-state index is 13.1. The van der Waals surface area contributed by atoms with E-state index < -0.39 is 11.6 Å². The molecule has 0 amide bonds. The fourth-order valence-electron chi connectivity index (χ4n) is 1.98. The number of halogens is 2. The fourth-order valence-corrected chi connectivity index (χ4v) is 2.21. The maximum absolute atomic E-state index is 13.1. The van der Waals surface area contributed by atoms with Crippen molar-refractivity contribution in [1.82, 2.24) is 0 Å². The molecule has 0 spiro atoms. The van der Waals surface area contributed by atoms with Crippen LogP contribution in [0.2, 0.25) is 0 Å². The van der Waals surface area contributed by atoms with E-state index in [2.05, 4.69) is 0 Å². The summed E-state index contributed by atoms with van der Waals surface area (Å²) < 4.78 is 26.1. The summed E-state index contributed by atoms with van der Waals surface area (Å²) >= 11 is 4.90. The van der Waals surface area contributed by atoms with Crippen LogP contribution in [0.5, 0.6) is 0 Å². The molecule has 0 aliphatic rings. The van der Waals surface area contributed by atoms with Crippen molar-refractivity contribution in [3.63, 3.8) is 0 Å². The molecule has 2 aromatic rings. The van der Waals surface area contributed by atoms with E-state index >= 15 is 0 Å². The van der Waals surface area contributed by atoms with Crippen LogP contribution in [0.1, 0.15) is 27.9 Å². The van der Waals surface area contributed by atoms with Crippen LogP contribution in [0.25, 0.3) is 0 Å². The number of Topliss-reactive ketones (excluding diaryl/α,β-unsaturated/α-hetero) is 1. The molecule has 2 rings (SSSR count). The summed E-state index contributed by atoms with van der Waals surface area (Å²) in [5, 5.41) is 1.56. The van der Waals surface area contributed by atoms with Crippen LogP contribution in [0.3, 0.4) is 0 Å². The van der Waals surface area contributed by atoms with Gasteiger partial charge in [-0.05, 0) is 29.7 Å². The Kier molecular flexibility index (Phi) is 4.69. The minimum atomic E-state index is -0.743. The van der Waals surface area contributed by atoms with Crippen molar-refractivity contribution >= 4 is 23.4 Å². The number of thiocarbonyl (C=S) groups is 1. The Hall–Kier alpha value is -1.94. The quantitative estimate of drug-likeness (QED) is 0.608. The molecule has 0 aliphatic heterocycles. The van der Waals surface area contributed by atoms with E-state index in [1.165, 1.54) is 0 Å². The van der Waals surface area contributed by atoms with Crippen LogP contribution in [0.15, 0.2) is 42.5 Å². The third-order valence-electron chi connectivity index (χ3n) is 2.99. The lowest BCUT2D eigenvalue weighted by Gasteiger charge is -2.05. The summed E-state index contributed by atoms with van der Waals surface area (Å²) in [6.07, 6.45) is 0.670. The van der Waals surface area contributed by atoms with Gasteiger partial charge in [0.2, 0.25) is 0 Å². The van der Waals surface area contributed by atoms with Crippen molar-refractivity contribution in [1.29, 1.82) is 0 Å². The molecule has 20 heavy (non-hydrogen) atoms. The largest absolute Gasteiger partial charge is 0.294 e. The van der Waals surface area contributed by atoms with Gasteiger partial charge in [0.05, 0.1) is 0 Å². The molecule has 1 nitrogen and oxygen atoms in total. The zero-order chi connectivity index (χ0) is 14.5. The van der Waals surface area contributed by atoms with Gasteiger partial charge in [-0.1, -0.05) is 36.5 Å². The highest BCUT2D eigenvalue weighted by Crippen LogP contribution is 2.14. The maximum Gasteiger partial charge on any atom is 0.163 e. The van der Waals surface area contributed by atoms with Crippen LogP contribution in [-0.2, 0) is 6.42 Å². The molecule has 0 aliphatic carbocycles. The molecule has 2 aromatic carbocycles. The van der Waals surface area contributed by atoms with E-state index in [1.807, 2.05) is 24.3 Å². The summed E-state index contributed by atoms with van der Waals surface area (Å²) in [5.74, 6) is -1.78. The lowest BCUT2D eigenvalue weighted by molar-refractivity contribution is 0.0982. The predicted molar refractivity (Wildman–Crippen MR) is 78.2 cm³/mol. The Balaban J connectivity index is 2.10. The van der Waals surface area contributed by atoms with E-state index in [1.54, 1.807) is 5.37 Å². The minimum absolute atomic E-state index is 0.0577. The fraction of sp³-hybridized carbons (Fsp3) is 0.125. The Bertz CT molecular complexity index is 632. The molecule has 0 saturated heterocycles. The van der Waals surface area contributed by atoms with Gasteiger partial charge < -0.3 is 0 Å². The SMILES string of the molecule is O=C(CCc1ccccc1C=S)c1cc(F)cc(F)c1. The molecule has 0 aromatic heterocycles. The van der Waals surface area contributed by atoms with Crippen molar-refractivity contribution in [2.24, 2.45) is 0 Å². The van der Waals surface area contributed by atoms with Crippen LogP contribution in [0.4, 0.5) is 8.78 Å². The highest BCUT2D eigenvalue weighted by molar-refractivity contribution is 7.79. The van der Waals surface area contributed by atoms with Crippen LogP contribution < -0.4 is 0 Å². The van der Waals surface area contributed by atoms with Crippen LogP contribution >= 0.6 is 12.2 Å². The van der Waals surface area contributed by atoms with Crippen LogP contribution in [-0.4, -0.2) is 11.2 Å². The average molecular weight is 290 g/mol. The summed E-state index contributed by atoms with van der Waals surface area (Å²) in [5.41, 5.74) is 1.90. The first-order valence-electron chi connectivity index (χ1n) is 6.12. The Morgan fingerprint density at radius 3 is 2.40 bits per heavy atom. The number of aryl methyl sites for hydroxylation is 1. The molecule has 0 N–H and O–H groups in total. The molecule has 102 valence electrons. The smallest absolute Gasteiger partial charge is 0.163 e. The second kappa shape index (κ2) is 6.48. The molecular formula is C16H12F2OS. The molecule has 0 saturated carbocycles. The number of hydrogen-bond acceptors (Lipinski definition) is 2. The number of carbonyl (C=O) groups is 1. The molecule has 0 unspecified atom stereocenters. The third kappa shape index (κ3) is 3.54. The lowest BCUT2D eigenvalue weighted by atomic mass is 9.99. The highest BCUT2D eigenvalue weighted by Gasteiger charge is 2.10. The normalized spacial score (nSPS) is 10.3.